The van der Waals surface area contributed by atoms with E-state index in [2.05, 4.69) is 15.0 Å². The summed E-state index contributed by atoms with van der Waals surface area (Å²) in [6.45, 7) is 4.72. The number of nitrogens with zero attached hydrogens (tertiary/aromatic N) is 5. The van der Waals surface area contributed by atoms with Gasteiger partial charge in [0.1, 0.15) is 5.82 Å². The molecule has 29 heavy (non-hydrogen) atoms. The Bertz CT molecular complexity index is 861. The first kappa shape index (κ1) is 19.5. The minimum absolute atomic E-state index is 0.000249. The highest BCUT2D eigenvalue weighted by Gasteiger charge is 2.41. The Labute approximate surface area is 171 Å². The minimum Gasteiger partial charge on any atom is -0.339 e. The van der Waals surface area contributed by atoms with Gasteiger partial charge in [-0.25, -0.2) is 9.97 Å². The monoisotopic (exact) mass is 393 g/mol. The maximum Gasteiger partial charge on any atom is 0.256 e. The van der Waals surface area contributed by atoms with E-state index < -0.39 is 0 Å². The van der Waals surface area contributed by atoms with Crippen molar-refractivity contribution >= 4 is 11.8 Å². The molecule has 2 aliphatic heterocycles. The van der Waals surface area contributed by atoms with Crippen LogP contribution in [0.3, 0.4) is 0 Å². The van der Waals surface area contributed by atoms with E-state index in [1.54, 1.807) is 18.6 Å². The zero-order valence-electron chi connectivity index (χ0n) is 16.9. The fourth-order valence-electron chi connectivity index (χ4n) is 4.36. The van der Waals surface area contributed by atoms with Crippen molar-refractivity contribution in [1.29, 1.82) is 0 Å². The molecule has 152 valence electrons. The fraction of sp³-hybridized carbons (Fsp3) is 0.500. The second kappa shape index (κ2) is 8.27. The fourth-order valence-corrected chi connectivity index (χ4v) is 4.36. The molecule has 4 rings (SSSR count). The molecular formula is C22H27N5O2. The van der Waals surface area contributed by atoms with E-state index in [0.717, 1.165) is 43.7 Å². The first-order chi connectivity index (χ1) is 14.1. The Kier molecular flexibility index (Phi) is 5.56. The Hall–Kier alpha value is -2.83. The third-order valence-electron chi connectivity index (χ3n) is 6.21. The van der Waals surface area contributed by atoms with Crippen molar-refractivity contribution < 1.29 is 9.59 Å². The molecule has 0 saturated carbocycles. The third kappa shape index (κ3) is 4.28. The number of aromatic nitrogens is 3. The molecule has 2 aliphatic rings. The summed E-state index contributed by atoms with van der Waals surface area (Å²) in [5.41, 5.74) is 1.57. The van der Waals surface area contributed by atoms with Crippen molar-refractivity contribution in [3.8, 4) is 0 Å². The lowest BCUT2D eigenvalue weighted by Crippen LogP contribution is -2.52. The second-order valence-electron chi connectivity index (χ2n) is 8.10. The molecule has 2 saturated heterocycles. The van der Waals surface area contributed by atoms with Crippen molar-refractivity contribution in [3.63, 3.8) is 0 Å². The third-order valence-corrected chi connectivity index (χ3v) is 6.21. The van der Waals surface area contributed by atoms with Crippen molar-refractivity contribution in [2.75, 3.05) is 19.6 Å². The van der Waals surface area contributed by atoms with Gasteiger partial charge in [-0.1, -0.05) is 13.0 Å². The number of aryl methyl sites for hydroxylation is 1. The van der Waals surface area contributed by atoms with Crippen LogP contribution in [0.15, 0.2) is 36.8 Å². The molecule has 0 bridgehead atoms. The van der Waals surface area contributed by atoms with E-state index in [9.17, 15) is 9.59 Å². The summed E-state index contributed by atoms with van der Waals surface area (Å²) in [5.74, 6) is 0.951. The quantitative estimate of drug-likeness (QED) is 0.797. The summed E-state index contributed by atoms with van der Waals surface area (Å²) in [4.78, 5) is 42.0. The van der Waals surface area contributed by atoms with Crippen molar-refractivity contribution in [2.45, 2.75) is 45.6 Å². The van der Waals surface area contributed by atoms with Crippen LogP contribution in [0.4, 0.5) is 0 Å². The standard InChI is InChI=1S/C22H27N5O2/c1-2-19-24-13-17(14-25-19)21(29)26-11-8-22(9-12-26)7-6-20(28)27(16-22)15-18-5-3-4-10-23-18/h3-5,10,13-14H,2,6-9,11-12,15-16H2,1H3. The molecule has 0 radical (unpaired) electrons. The molecule has 2 aromatic rings. The van der Waals surface area contributed by atoms with E-state index in [1.807, 2.05) is 34.9 Å². The molecule has 0 aliphatic carbocycles. The molecule has 0 unspecified atom stereocenters. The summed E-state index contributed by atoms with van der Waals surface area (Å²) in [5, 5.41) is 0. The Morgan fingerprint density at radius 2 is 1.86 bits per heavy atom. The lowest BCUT2D eigenvalue weighted by Gasteiger charge is -2.47. The van der Waals surface area contributed by atoms with Crippen LogP contribution in [-0.2, 0) is 17.8 Å². The predicted octanol–water partition coefficient (Wildman–Crippen LogP) is 2.48. The molecule has 7 heteroatoms. The van der Waals surface area contributed by atoms with Crippen LogP contribution in [0.25, 0.3) is 0 Å². The van der Waals surface area contributed by atoms with Gasteiger partial charge in [0.25, 0.3) is 5.91 Å². The van der Waals surface area contributed by atoms with Gasteiger partial charge in [-0.15, -0.1) is 0 Å². The maximum atomic E-state index is 12.8. The second-order valence-corrected chi connectivity index (χ2v) is 8.10. The number of rotatable bonds is 4. The van der Waals surface area contributed by atoms with Gasteiger partial charge in [0.05, 0.1) is 17.8 Å². The Balaban J connectivity index is 1.38. The smallest absolute Gasteiger partial charge is 0.256 e. The molecular weight excluding hydrogens is 366 g/mol. The predicted molar refractivity (Wildman–Crippen MR) is 108 cm³/mol. The summed E-state index contributed by atoms with van der Waals surface area (Å²) in [7, 11) is 0. The number of hydrogen-bond donors (Lipinski definition) is 0. The van der Waals surface area contributed by atoms with E-state index in [-0.39, 0.29) is 17.2 Å². The Morgan fingerprint density at radius 3 is 2.52 bits per heavy atom. The highest BCUT2D eigenvalue weighted by atomic mass is 16.2. The molecule has 4 heterocycles. The van der Waals surface area contributed by atoms with Gasteiger partial charge >= 0.3 is 0 Å². The van der Waals surface area contributed by atoms with Gasteiger partial charge in [0, 0.05) is 51.1 Å². The number of pyridine rings is 1. The first-order valence-electron chi connectivity index (χ1n) is 10.4. The summed E-state index contributed by atoms with van der Waals surface area (Å²) in [6, 6.07) is 5.80. The summed E-state index contributed by atoms with van der Waals surface area (Å²) < 4.78 is 0. The van der Waals surface area contributed by atoms with Gasteiger partial charge in [-0.2, -0.15) is 0 Å². The first-order valence-corrected chi connectivity index (χ1v) is 10.4. The number of carbonyl (C=O) groups excluding carboxylic acids is 2. The number of piperidine rings is 2. The molecule has 0 N–H and O–H groups in total. The molecule has 2 fully saturated rings. The zero-order chi connectivity index (χ0) is 20.3. The number of likely N-dealkylation sites (tertiary alicyclic amines) is 2. The van der Waals surface area contributed by atoms with Crippen LogP contribution in [-0.4, -0.2) is 56.2 Å². The molecule has 2 amide bonds. The van der Waals surface area contributed by atoms with E-state index in [4.69, 9.17) is 0 Å². The average Bonchev–Trinajstić information content (AvgIpc) is 2.77. The largest absolute Gasteiger partial charge is 0.339 e. The lowest BCUT2D eigenvalue weighted by molar-refractivity contribution is -0.139. The molecule has 0 atom stereocenters. The van der Waals surface area contributed by atoms with Gasteiger partial charge in [0.2, 0.25) is 5.91 Å². The van der Waals surface area contributed by atoms with Crippen molar-refractivity contribution in [1.82, 2.24) is 24.8 Å². The van der Waals surface area contributed by atoms with Crippen molar-refractivity contribution in [3.05, 3.63) is 53.9 Å². The van der Waals surface area contributed by atoms with Gasteiger partial charge < -0.3 is 9.80 Å². The van der Waals surface area contributed by atoms with Crippen LogP contribution in [0, 0.1) is 5.41 Å². The van der Waals surface area contributed by atoms with Crippen LogP contribution in [0.1, 0.15) is 54.5 Å². The van der Waals surface area contributed by atoms with Crippen LogP contribution >= 0.6 is 0 Å². The average molecular weight is 393 g/mol. The lowest BCUT2D eigenvalue weighted by atomic mass is 9.72. The van der Waals surface area contributed by atoms with Gasteiger partial charge in [-0.05, 0) is 36.8 Å². The van der Waals surface area contributed by atoms with E-state index in [1.165, 1.54) is 0 Å². The van der Waals surface area contributed by atoms with Crippen molar-refractivity contribution in [2.24, 2.45) is 5.41 Å². The molecule has 1 spiro atoms. The topological polar surface area (TPSA) is 79.3 Å². The van der Waals surface area contributed by atoms with Gasteiger partial charge in [0.15, 0.2) is 0 Å². The summed E-state index contributed by atoms with van der Waals surface area (Å²) >= 11 is 0. The Morgan fingerprint density at radius 1 is 1.10 bits per heavy atom. The zero-order valence-corrected chi connectivity index (χ0v) is 16.9. The molecule has 7 nitrogen and oxygen atoms in total. The summed E-state index contributed by atoms with van der Waals surface area (Å²) in [6.07, 6.45) is 9.10. The molecule has 2 aromatic heterocycles. The minimum atomic E-state index is -0.000249. The number of amides is 2. The van der Waals surface area contributed by atoms with Crippen LogP contribution in [0.2, 0.25) is 0 Å². The highest BCUT2D eigenvalue weighted by molar-refractivity contribution is 5.93. The van der Waals surface area contributed by atoms with E-state index >= 15 is 0 Å². The normalized spacial score (nSPS) is 18.9. The van der Waals surface area contributed by atoms with Gasteiger partial charge in [-0.3, -0.25) is 14.6 Å². The number of hydrogen-bond acceptors (Lipinski definition) is 5. The SMILES string of the molecule is CCc1ncc(C(=O)N2CCC3(CCC(=O)N(Cc4ccccn4)C3)CC2)cn1. The van der Waals surface area contributed by atoms with Crippen LogP contribution in [0.5, 0.6) is 0 Å². The maximum absolute atomic E-state index is 12.8. The van der Waals surface area contributed by atoms with Crippen LogP contribution < -0.4 is 0 Å². The number of carbonyl (C=O) groups is 2. The molecule has 0 aromatic carbocycles. The highest BCUT2D eigenvalue weighted by Crippen LogP contribution is 2.40. The van der Waals surface area contributed by atoms with E-state index in [0.29, 0.717) is 31.6 Å².